The second-order valence-electron chi connectivity index (χ2n) is 5.85. The zero-order valence-electron chi connectivity index (χ0n) is 10.3. The Morgan fingerprint density at radius 1 is 1.40 bits per heavy atom. The van der Waals surface area contributed by atoms with E-state index in [-0.39, 0.29) is 17.4 Å². The monoisotopic (exact) mass is 211 g/mol. The minimum absolute atomic E-state index is 0.00888. The third-order valence-corrected chi connectivity index (χ3v) is 4.02. The van der Waals surface area contributed by atoms with Gasteiger partial charge in [0.2, 0.25) is 0 Å². The molecule has 1 saturated heterocycles. The highest BCUT2D eigenvalue weighted by molar-refractivity contribution is 5.77. The lowest BCUT2D eigenvalue weighted by atomic mass is 10.0. The zero-order chi connectivity index (χ0) is 11.4. The number of methoxy groups -OCH3 is 1. The summed E-state index contributed by atoms with van der Waals surface area (Å²) < 4.78 is 4.82. The lowest BCUT2D eigenvalue weighted by Crippen LogP contribution is -2.46. The fraction of sp³-hybridized carbons (Fsp3) is 0.917. The lowest BCUT2D eigenvalue weighted by Gasteiger charge is -2.38. The molecule has 0 unspecified atom stereocenters. The van der Waals surface area contributed by atoms with Crippen LogP contribution in [0.25, 0.3) is 0 Å². The van der Waals surface area contributed by atoms with Crippen LogP contribution in [0.1, 0.15) is 27.7 Å². The van der Waals surface area contributed by atoms with Crippen molar-refractivity contribution in [2.24, 2.45) is 17.8 Å². The second kappa shape index (κ2) is 3.21. The molecule has 0 aromatic rings. The van der Waals surface area contributed by atoms with Crippen molar-refractivity contribution in [1.82, 2.24) is 4.90 Å². The number of hydrogen-bond donors (Lipinski definition) is 0. The van der Waals surface area contributed by atoms with Gasteiger partial charge in [-0.15, -0.1) is 0 Å². The Bertz CT molecular complexity index is 282. The standard InChI is InChI=1S/C12H21NO2/c1-7-9-8(10(9)11(14)15-5)6-13(7)12(2,3)4/h7-10H,6H2,1-5H3/t7-,8-,9+,10+/m1/s1. The first-order valence-electron chi connectivity index (χ1n) is 5.72. The Kier molecular flexibility index (Phi) is 2.34. The molecule has 2 rings (SSSR count). The summed E-state index contributed by atoms with van der Waals surface area (Å²) in [6.07, 6.45) is 0. The Labute approximate surface area is 91.8 Å². The number of piperidine rings is 1. The fourth-order valence-corrected chi connectivity index (χ4v) is 3.25. The molecule has 0 N–H and O–H groups in total. The summed E-state index contributed by atoms with van der Waals surface area (Å²) >= 11 is 0. The molecule has 1 heterocycles. The molecule has 0 spiro atoms. The molecule has 1 aliphatic carbocycles. The van der Waals surface area contributed by atoms with Crippen molar-refractivity contribution in [2.75, 3.05) is 13.7 Å². The van der Waals surface area contributed by atoms with Crippen molar-refractivity contribution in [1.29, 1.82) is 0 Å². The van der Waals surface area contributed by atoms with Crippen LogP contribution in [-0.2, 0) is 9.53 Å². The Balaban J connectivity index is 2.02. The van der Waals surface area contributed by atoms with Gasteiger partial charge in [0.15, 0.2) is 0 Å². The minimum Gasteiger partial charge on any atom is -0.469 e. The van der Waals surface area contributed by atoms with Gasteiger partial charge in [-0.1, -0.05) is 0 Å². The number of ether oxygens (including phenoxy) is 1. The lowest BCUT2D eigenvalue weighted by molar-refractivity contribution is -0.143. The average Bonchev–Trinajstić information content (AvgIpc) is 2.75. The SMILES string of the molecule is COC(=O)[C@H]1[C@@H]2CN(C(C)(C)C)[C@H](C)[C@@H]21. The molecule has 86 valence electrons. The number of esters is 1. The number of hydrogen-bond acceptors (Lipinski definition) is 3. The highest BCUT2D eigenvalue weighted by atomic mass is 16.5. The third-order valence-electron chi connectivity index (χ3n) is 4.02. The largest absolute Gasteiger partial charge is 0.469 e. The molecule has 2 fully saturated rings. The summed E-state index contributed by atoms with van der Waals surface area (Å²) in [4.78, 5) is 14.0. The van der Waals surface area contributed by atoms with Crippen LogP contribution in [0.3, 0.4) is 0 Å². The number of fused-ring (bicyclic) bond motifs is 1. The van der Waals surface area contributed by atoms with Gasteiger partial charge in [0, 0.05) is 18.1 Å². The van der Waals surface area contributed by atoms with E-state index in [4.69, 9.17) is 4.74 Å². The number of carbonyl (C=O) groups is 1. The van der Waals surface area contributed by atoms with Gasteiger partial charge in [0.05, 0.1) is 13.0 Å². The van der Waals surface area contributed by atoms with Crippen LogP contribution in [0.2, 0.25) is 0 Å². The second-order valence-corrected chi connectivity index (χ2v) is 5.85. The molecule has 0 bridgehead atoms. The van der Waals surface area contributed by atoms with E-state index >= 15 is 0 Å². The van der Waals surface area contributed by atoms with Crippen molar-refractivity contribution in [3.63, 3.8) is 0 Å². The van der Waals surface area contributed by atoms with E-state index in [1.165, 1.54) is 7.11 Å². The van der Waals surface area contributed by atoms with Crippen molar-refractivity contribution in [2.45, 2.75) is 39.3 Å². The first kappa shape index (κ1) is 10.9. The van der Waals surface area contributed by atoms with Gasteiger partial charge < -0.3 is 4.74 Å². The van der Waals surface area contributed by atoms with Crippen molar-refractivity contribution in [3.8, 4) is 0 Å². The Morgan fingerprint density at radius 3 is 2.33 bits per heavy atom. The van der Waals surface area contributed by atoms with E-state index in [0.29, 0.717) is 17.9 Å². The van der Waals surface area contributed by atoms with Gasteiger partial charge in [-0.05, 0) is 39.5 Å². The normalized spacial score (nSPS) is 40.1. The van der Waals surface area contributed by atoms with Gasteiger partial charge in [0.1, 0.15) is 0 Å². The molecule has 0 amide bonds. The molecule has 0 aromatic carbocycles. The predicted octanol–water partition coefficient (Wildman–Crippen LogP) is 1.52. The molecular formula is C12H21NO2. The summed E-state index contributed by atoms with van der Waals surface area (Å²) in [5.74, 6) is 1.26. The molecule has 0 aromatic heterocycles. The van der Waals surface area contributed by atoms with Crippen LogP contribution in [0.4, 0.5) is 0 Å². The van der Waals surface area contributed by atoms with E-state index in [0.717, 1.165) is 6.54 Å². The minimum atomic E-state index is -0.00888. The molecule has 1 aliphatic heterocycles. The Morgan fingerprint density at radius 2 is 2.00 bits per heavy atom. The number of likely N-dealkylation sites (tertiary alicyclic amines) is 1. The highest BCUT2D eigenvalue weighted by Crippen LogP contribution is 2.57. The fourth-order valence-electron chi connectivity index (χ4n) is 3.25. The highest BCUT2D eigenvalue weighted by Gasteiger charge is 2.64. The van der Waals surface area contributed by atoms with Crippen molar-refractivity contribution < 1.29 is 9.53 Å². The maximum atomic E-state index is 11.4. The van der Waals surface area contributed by atoms with Crippen LogP contribution < -0.4 is 0 Å². The van der Waals surface area contributed by atoms with E-state index in [1.54, 1.807) is 0 Å². The van der Waals surface area contributed by atoms with Crippen LogP contribution in [-0.4, -0.2) is 36.1 Å². The van der Waals surface area contributed by atoms with E-state index in [9.17, 15) is 4.79 Å². The van der Waals surface area contributed by atoms with Crippen molar-refractivity contribution in [3.05, 3.63) is 0 Å². The molecule has 2 aliphatic rings. The van der Waals surface area contributed by atoms with Crippen LogP contribution in [0.15, 0.2) is 0 Å². The molecule has 1 saturated carbocycles. The van der Waals surface area contributed by atoms with E-state index < -0.39 is 0 Å². The number of rotatable bonds is 1. The zero-order valence-corrected chi connectivity index (χ0v) is 10.3. The number of carbonyl (C=O) groups excluding carboxylic acids is 1. The van der Waals surface area contributed by atoms with Crippen LogP contribution in [0.5, 0.6) is 0 Å². The summed E-state index contributed by atoms with van der Waals surface area (Å²) in [5.41, 5.74) is 0.216. The molecule has 3 heteroatoms. The van der Waals surface area contributed by atoms with Gasteiger partial charge >= 0.3 is 5.97 Å². The van der Waals surface area contributed by atoms with E-state index in [2.05, 4.69) is 32.6 Å². The molecule has 3 nitrogen and oxygen atoms in total. The first-order valence-corrected chi connectivity index (χ1v) is 5.72. The van der Waals surface area contributed by atoms with E-state index in [1.807, 2.05) is 0 Å². The average molecular weight is 211 g/mol. The predicted molar refractivity (Wildman–Crippen MR) is 58.4 cm³/mol. The van der Waals surface area contributed by atoms with Gasteiger partial charge in [-0.3, -0.25) is 9.69 Å². The summed E-state index contributed by atoms with van der Waals surface area (Å²) in [7, 11) is 1.49. The molecular weight excluding hydrogens is 190 g/mol. The molecule has 0 radical (unpaired) electrons. The van der Waals surface area contributed by atoms with Crippen LogP contribution in [0, 0.1) is 17.8 Å². The molecule has 15 heavy (non-hydrogen) atoms. The number of nitrogens with zero attached hydrogens (tertiary/aromatic N) is 1. The summed E-state index contributed by atoms with van der Waals surface area (Å²) in [6.45, 7) is 10.00. The topological polar surface area (TPSA) is 29.5 Å². The summed E-state index contributed by atoms with van der Waals surface area (Å²) in [6, 6.07) is 0.513. The Hall–Kier alpha value is -0.570. The smallest absolute Gasteiger partial charge is 0.309 e. The quantitative estimate of drug-likeness (QED) is 0.616. The third kappa shape index (κ3) is 1.57. The van der Waals surface area contributed by atoms with Gasteiger partial charge in [0.25, 0.3) is 0 Å². The molecule has 4 atom stereocenters. The van der Waals surface area contributed by atoms with Crippen LogP contribution >= 0.6 is 0 Å². The van der Waals surface area contributed by atoms with Gasteiger partial charge in [-0.25, -0.2) is 0 Å². The maximum Gasteiger partial charge on any atom is 0.309 e. The van der Waals surface area contributed by atoms with Gasteiger partial charge in [-0.2, -0.15) is 0 Å². The maximum absolute atomic E-state index is 11.4. The first-order chi connectivity index (χ1) is 6.88. The van der Waals surface area contributed by atoms with Crippen molar-refractivity contribution >= 4 is 5.97 Å². The summed E-state index contributed by atoms with van der Waals surface area (Å²) in [5, 5.41) is 0.